The van der Waals surface area contributed by atoms with Crippen molar-refractivity contribution in [3.05, 3.63) is 54.1 Å². The molecule has 3 N–H and O–H groups in total. The lowest BCUT2D eigenvalue weighted by Gasteiger charge is -2.10. The second-order valence-electron chi connectivity index (χ2n) is 5.29. The first-order valence-corrected chi connectivity index (χ1v) is 7.98. The van der Waals surface area contributed by atoms with E-state index < -0.39 is 0 Å². The van der Waals surface area contributed by atoms with Crippen LogP contribution in [0.25, 0.3) is 0 Å². The number of nitrogens with one attached hydrogen (secondary N) is 3. The summed E-state index contributed by atoms with van der Waals surface area (Å²) in [7, 11) is 1.59. The van der Waals surface area contributed by atoms with Crippen LogP contribution >= 0.6 is 12.2 Å². The smallest absolute Gasteiger partial charge is 0.230 e. The van der Waals surface area contributed by atoms with Crippen molar-refractivity contribution < 1.29 is 14.3 Å². The van der Waals surface area contributed by atoms with Gasteiger partial charge in [0.1, 0.15) is 5.75 Å². The van der Waals surface area contributed by atoms with Gasteiger partial charge in [0.05, 0.1) is 13.5 Å². The van der Waals surface area contributed by atoms with Crippen molar-refractivity contribution in [3.63, 3.8) is 0 Å². The third kappa shape index (κ3) is 6.23. The summed E-state index contributed by atoms with van der Waals surface area (Å²) in [4.78, 5) is 23.0. The van der Waals surface area contributed by atoms with Crippen molar-refractivity contribution >= 4 is 40.5 Å². The molecule has 2 aromatic rings. The number of thiocarbonyl (C=S) groups is 1. The molecular weight excluding hydrogens is 338 g/mol. The Hall–Kier alpha value is -2.93. The maximum atomic E-state index is 12.0. The molecule has 0 aliphatic rings. The van der Waals surface area contributed by atoms with Gasteiger partial charge in [-0.05, 0) is 54.2 Å². The van der Waals surface area contributed by atoms with E-state index in [4.69, 9.17) is 17.0 Å². The topological polar surface area (TPSA) is 79.5 Å². The number of ether oxygens (including phenoxy) is 1. The van der Waals surface area contributed by atoms with E-state index in [1.807, 2.05) is 12.1 Å². The molecule has 0 spiro atoms. The van der Waals surface area contributed by atoms with Crippen LogP contribution in [0.4, 0.5) is 11.4 Å². The van der Waals surface area contributed by atoms with Crippen LogP contribution in [0, 0.1) is 0 Å². The van der Waals surface area contributed by atoms with E-state index in [1.54, 1.807) is 43.5 Å². The molecule has 2 amide bonds. The van der Waals surface area contributed by atoms with E-state index in [9.17, 15) is 9.59 Å². The number of carbonyl (C=O) groups excluding carboxylic acids is 2. The average Bonchev–Trinajstić information content (AvgIpc) is 2.56. The van der Waals surface area contributed by atoms with E-state index in [1.165, 1.54) is 6.92 Å². The first-order chi connectivity index (χ1) is 12.0. The molecule has 0 aliphatic carbocycles. The summed E-state index contributed by atoms with van der Waals surface area (Å²) < 4.78 is 5.08. The molecule has 0 aromatic heterocycles. The van der Waals surface area contributed by atoms with Gasteiger partial charge in [-0.25, -0.2) is 0 Å². The molecule has 0 heterocycles. The van der Waals surface area contributed by atoms with Gasteiger partial charge >= 0.3 is 0 Å². The molecule has 0 saturated carbocycles. The quantitative estimate of drug-likeness (QED) is 0.717. The van der Waals surface area contributed by atoms with Crippen LogP contribution < -0.4 is 20.7 Å². The fourth-order valence-electron chi connectivity index (χ4n) is 2.10. The molecule has 0 aliphatic heterocycles. The third-order valence-corrected chi connectivity index (χ3v) is 3.44. The van der Waals surface area contributed by atoms with E-state index in [0.717, 1.165) is 11.3 Å². The van der Waals surface area contributed by atoms with Crippen LogP contribution in [-0.4, -0.2) is 24.0 Å². The van der Waals surface area contributed by atoms with Crippen molar-refractivity contribution in [2.24, 2.45) is 0 Å². The molecule has 0 saturated heterocycles. The number of hydrogen-bond donors (Lipinski definition) is 3. The number of carbonyl (C=O) groups is 2. The summed E-state index contributed by atoms with van der Waals surface area (Å²) in [5.74, 6) is 0.392. The summed E-state index contributed by atoms with van der Waals surface area (Å²) in [6.45, 7) is 1.44. The monoisotopic (exact) mass is 357 g/mol. The minimum Gasteiger partial charge on any atom is -0.497 e. The van der Waals surface area contributed by atoms with Crippen molar-refractivity contribution in [2.75, 3.05) is 17.7 Å². The molecule has 2 rings (SSSR count). The Bertz CT molecular complexity index is 758. The van der Waals surface area contributed by atoms with Crippen LogP contribution in [0.5, 0.6) is 5.75 Å². The second kappa shape index (κ2) is 8.79. The number of hydrogen-bond acceptors (Lipinski definition) is 4. The number of rotatable bonds is 5. The molecule has 130 valence electrons. The molecule has 0 bridgehead atoms. The van der Waals surface area contributed by atoms with E-state index >= 15 is 0 Å². The van der Waals surface area contributed by atoms with Gasteiger partial charge in [-0.15, -0.1) is 0 Å². The van der Waals surface area contributed by atoms with Gasteiger partial charge in [-0.2, -0.15) is 0 Å². The fraction of sp³-hybridized carbons (Fsp3) is 0.167. The number of benzene rings is 2. The normalized spacial score (nSPS) is 9.84. The van der Waals surface area contributed by atoms with Gasteiger partial charge in [-0.3, -0.25) is 9.59 Å². The Morgan fingerprint density at radius 1 is 0.960 bits per heavy atom. The predicted molar refractivity (Wildman–Crippen MR) is 102 cm³/mol. The van der Waals surface area contributed by atoms with Crippen molar-refractivity contribution in [1.82, 2.24) is 5.32 Å². The summed E-state index contributed by atoms with van der Waals surface area (Å²) in [6, 6.07) is 14.3. The first-order valence-electron chi connectivity index (χ1n) is 7.57. The highest BCUT2D eigenvalue weighted by atomic mass is 32.1. The van der Waals surface area contributed by atoms with Crippen molar-refractivity contribution in [3.8, 4) is 5.75 Å². The Labute approximate surface area is 151 Å². The number of anilines is 2. The molecule has 0 atom stereocenters. The maximum absolute atomic E-state index is 12.0. The number of methoxy groups -OCH3 is 1. The lowest BCUT2D eigenvalue weighted by Crippen LogP contribution is -2.35. The summed E-state index contributed by atoms with van der Waals surface area (Å²) >= 11 is 5.14. The van der Waals surface area contributed by atoms with Gasteiger partial charge < -0.3 is 20.7 Å². The molecule has 0 radical (unpaired) electrons. The maximum Gasteiger partial charge on any atom is 0.230 e. The SMILES string of the molecule is COc1ccc(CC(=O)NC(=S)Nc2ccc(NC(C)=O)cc2)cc1. The summed E-state index contributed by atoms with van der Waals surface area (Å²) in [5.41, 5.74) is 2.26. The van der Waals surface area contributed by atoms with Gasteiger partial charge in [0.15, 0.2) is 5.11 Å². The zero-order valence-electron chi connectivity index (χ0n) is 14.0. The van der Waals surface area contributed by atoms with Gasteiger partial charge in [-0.1, -0.05) is 12.1 Å². The van der Waals surface area contributed by atoms with Crippen LogP contribution in [0.1, 0.15) is 12.5 Å². The average molecular weight is 357 g/mol. The molecule has 0 fully saturated rings. The zero-order chi connectivity index (χ0) is 18.2. The Morgan fingerprint density at radius 3 is 2.04 bits per heavy atom. The lowest BCUT2D eigenvalue weighted by atomic mass is 10.1. The van der Waals surface area contributed by atoms with Crippen LogP contribution in [0.15, 0.2) is 48.5 Å². The summed E-state index contributed by atoms with van der Waals surface area (Å²) in [6.07, 6.45) is 0.216. The second-order valence-corrected chi connectivity index (χ2v) is 5.69. The largest absolute Gasteiger partial charge is 0.497 e. The molecule has 7 heteroatoms. The van der Waals surface area contributed by atoms with Crippen LogP contribution in [0.2, 0.25) is 0 Å². The molecule has 0 unspecified atom stereocenters. The van der Waals surface area contributed by atoms with Crippen LogP contribution in [0.3, 0.4) is 0 Å². The van der Waals surface area contributed by atoms with E-state index in [0.29, 0.717) is 11.4 Å². The minimum atomic E-state index is -0.211. The van der Waals surface area contributed by atoms with Gasteiger partial charge in [0, 0.05) is 18.3 Å². The van der Waals surface area contributed by atoms with Gasteiger partial charge in [0.25, 0.3) is 0 Å². The summed E-state index contributed by atoms with van der Waals surface area (Å²) in [5, 5.41) is 8.45. The standard InChI is InChI=1S/C18H19N3O3S/c1-12(22)19-14-5-7-15(8-6-14)20-18(25)21-17(23)11-13-3-9-16(24-2)10-4-13/h3-10H,11H2,1-2H3,(H,19,22)(H2,20,21,23,25). The Kier molecular flexibility index (Phi) is 6.47. The van der Waals surface area contributed by atoms with E-state index in [2.05, 4.69) is 16.0 Å². The Balaban J connectivity index is 1.84. The number of amides is 2. The third-order valence-electron chi connectivity index (χ3n) is 3.24. The first kappa shape index (κ1) is 18.4. The Morgan fingerprint density at radius 2 is 1.52 bits per heavy atom. The highest BCUT2D eigenvalue weighted by Gasteiger charge is 2.07. The van der Waals surface area contributed by atoms with Crippen LogP contribution in [-0.2, 0) is 16.0 Å². The van der Waals surface area contributed by atoms with Gasteiger partial charge in [0.2, 0.25) is 11.8 Å². The highest BCUT2D eigenvalue weighted by Crippen LogP contribution is 2.14. The molecule has 25 heavy (non-hydrogen) atoms. The van der Waals surface area contributed by atoms with E-state index in [-0.39, 0.29) is 23.3 Å². The van der Waals surface area contributed by atoms with Crippen molar-refractivity contribution in [1.29, 1.82) is 0 Å². The van der Waals surface area contributed by atoms with Crippen molar-refractivity contribution in [2.45, 2.75) is 13.3 Å². The zero-order valence-corrected chi connectivity index (χ0v) is 14.8. The molecule has 2 aromatic carbocycles. The minimum absolute atomic E-state index is 0.137. The molecule has 6 nitrogen and oxygen atoms in total. The molecular formula is C18H19N3O3S. The predicted octanol–water partition coefficient (Wildman–Crippen LogP) is 2.71. The highest BCUT2D eigenvalue weighted by molar-refractivity contribution is 7.80. The fourth-order valence-corrected chi connectivity index (χ4v) is 2.33. The lowest BCUT2D eigenvalue weighted by molar-refractivity contribution is -0.119.